The van der Waals surface area contributed by atoms with E-state index in [0.29, 0.717) is 56.2 Å². The molecule has 0 spiro atoms. The van der Waals surface area contributed by atoms with Gasteiger partial charge in [0.05, 0.1) is 0 Å². The van der Waals surface area contributed by atoms with Gasteiger partial charge in [0.25, 0.3) is 0 Å². The van der Waals surface area contributed by atoms with Crippen LogP contribution >= 0.6 is 22.1 Å². The summed E-state index contributed by atoms with van der Waals surface area (Å²) >= 11 is 0. The first-order valence-corrected chi connectivity index (χ1v) is 22.4. The molecule has 3 rings (SSSR count). The average molecular weight is 732 g/mol. The van der Waals surface area contributed by atoms with E-state index in [1.54, 1.807) is 0 Å². The van der Waals surface area contributed by atoms with Crippen LogP contribution in [0.15, 0.2) is 91.0 Å². The van der Waals surface area contributed by atoms with Crippen molar-refractivity contribution in [2.75, 3.05) is 37.0 Å². The quantitative estimate of drug-likeness (QED) is 0.0966. The van der Waals surface area contributed by atoms with Gasteiger partial charge in [0.15, 0.2) is 0 Å². The predicted octanol–water partition coefficient (Wildman–Crippen LogP) is 8.00. The molecule has 0 heterocycles. The van der Waals surface area contributed by atoms with Crippen LogP contribution < -0.4 is 14.7 Å². The second kappa shape index (κ2) is 25.7. The van der Waals surface area contributed by atoms with Gasteiger partial charge in [0.1, 0.15) is 0 Å². The summed E-state index contributed by atoms with van der Waals surface area (Å²) in [6.07, 6.45) is 9.10. The monoisotopic (exact) mass is 731 g/mol. The minimum absolute atomic E-state index is 0. The number of hydrogen-bond acceptors (Lipinski definition) is 6. The van der Waals surface area contributed by atoms with Crippen LogP contribution in [0, 0.1) is 0 Å². The summed E-state index contributed by atoms with van der Waals surface area (Å²) in [6.45, 7) is 6.03. The van der Waals surface area contributed by atoms with Gasteiger partial charge in [0.2, 0.25) is 0 Å². The van der Waals surface area contributed by atoms with Crippen molar-refractivity contribution in [3.05, 3.63) is 108 Å². The summed E-state index contributed by atoms with van der Waals surface area (Å²) in [4.78, 5) is 34.8. The normalized spacial score (nSPS) is 14.5. The second-order valence-electron chi connectivity index (χ2n) is 11.6. The molecule has 10 heteroatoms. The first-order valence-electron chi connectivity index (χ1n) is 16.4. The number of unbranched alkanes of at least 4 members (excludes halogenated alkanes) is 3. The van der Waals surface area contributed by atoms with E-state index in [4.69, 9.17) is 0 Å². The van der Waals surface area contributed by atoms with Gasteiger partial charge in [-0.15, -0.1) is 0 Å². The molecule has 46 heavy (non-hydrogen) atoms. The third kappa shape index (κ3) is 24.0. The Kier molecular flexibility index (Phi) is 25.0. The van der Waals surface area contributed by atoms with Crippen molar-refractivity contribution in [1.82, 2.24) is 0 Å². The van der Waals surface area contributed by atoms with Crippen molar-refractivity contribution < 1.29 is 45.4 Å². The maximum Gasteiger partial charge on any atom is 3.00 e. The molecular weight excluding hydrogens is 677 g/mol. The van der Waals surface area contributed by atoms with E-state index >= 15 is 0 Å². The number of benzene rings is 3. The molecule has 0 bridgehead atoms. The molecular formula is C36H54FeO6P3. The maximum absolute atomic E-state index is 11.6. The van der Waals surface area contributed by atoms with Crippen molar-refractivity contribution in [3.8, 4) is 0 Å². The fourth-order valence-corrected chi connectivity index (χ4v) is 9.23. The van der Waals surface area contributed by atoms with Gasteiger partial charge in [-0.05, 0) is 92.2 Å². The summed E-state index contributed by atoms with van der Waals surface area (Å²) in [6, 6.07) is 29.3. The molecule has 0 aliphatic rings. The first-order chi connectivity index (χ1) is 21.4. The van der Waals surface area contributed by atoms with Crippen molar-refractivity contribution in [1.29, 1.82) is 0 Å². The molecule has 0 aromatic heterocycles. The SMILES string of the molecule is CCCCP(=O)([O-])CCc1ccccc1.CCCCP(=O)([O-])CCc1ccccc1.CCCCP(=O)([O-])CCc1ccccc1.[Fe+3]. The molecule has 0 aliphatic heterocycles. The zero-order valence-electron chi connectivity index (χ0n) is 27.9. The van der Waals surface area contributed by atoms with Gasteiger partial charge in [-0.25, -0.2) is 0 Å². The van der Waals surface area contributed by atoms with Crippen LogP contribution in [0.2, 0.25) is 0 Å². The standard InChI is InChI=1S/3C12H19O2P.Fe/c3*1-2-3-10-15(13,14)11-9-12-7-5-4-6-8-12;/h3*4-8H,2-3,9-11H2,1H3,(H,13,14);/q;;;+3/p-3. The van der Waals surface area contributed by atoms with Crippen LogP contribution in [-0.4, -0.2) is 37.0 Å². The predicted molar refractivity (Wildman–Crippen MR) is 187 cm³/mol. The summed E-state index contributed by atoms with van der Waals surface area (Å²) in [7, 11) is -9.37. The molecule has 0 fully saturated rings. The first kappa shape index (κ1) is 44.7. The largest absolute Gasteiger partial charge is 3.00 e. The smallest absolute Gasteiger partial charge is 0.799 e. The van der Waals surface area contributed by atoms with E-state index in [2.05, 4.69) is 0 Å². The van der Waals surface area contributed by atoms with Crippen LogP contribution in [0.3, 0.4) is 0 Å². The Balaban J connectivity index is 0.000000653. The number of hydrogen-bond donors (Lipinski definition) is 0. The van der Waals surface area contributed by atoms with Gasteiger partial charge in [-0.2, -0.15) is 0 Å². The van der Waals surface area contributed by atoms with Crippen LogP contribution in [0.25, 0.3) is 0 Å². The number of aryl methyl sites for hydroxylation is 3. The molecule has 3 aromatic rings. The summed E-state index contributed by atoms with van der Waals surface area (Å²) in [5.41, 5.74) is 3.31. The second-order valence-corrected chi connectivity index (χ2v) is 19.1. The van der Waals surface area contributed by atoms with Gasteiger partial charge >= 0.3 is 17.1 Å². The third-order valence-electron chi connectivity index (χ3n) is 7.31. The molecule has 1 radical (unpaired) electrons. The Hall–Kier alpha value is -1.25. The van der Waals surface area contributed by atoms with Gasteiger partial charge in [0, 0.05) is 22.1 Å². The Morgan fingerprint density at radius 3 is 0.826 bits per heavy atom. The van der Waals surface area contributed by atoms with E-state index in [0.717, 1.165) is 55.2 Å². The third-order valence-corrected chi connectivity index (χ3v) is 13.0. The summed E-state index contributed by atoms with van der Waals surface area (Å²) in [5.74, 6) is 0. The number of rotatable bonds is 18. The molecule has 3 aromatic carbocycles. The minimum atomic E-state index is -3.12. The summed E-state index contributed by atoms with van der Waals surface area (Å²) in [5, 5.41) is 0. The molecule has 3 unspecified atom stereocenters. The molecule has 0 aliphatic carbocycles. The fourth-order valence-electron chi connectivity index (χ4n) is 4.36. The molecule has 0 N–H and O–H groups in total. The summed E-state index contributed by atoms with van der Waals surface area (Å²) < 4.78 is 34.8. The zero-order chi connectivity index (χ0) is 33.4. The van der Waals surface area contributed by atoms with Crippen LogP contribution in [0.1, 0.15) is 76.0 Å². The van der Waals surface area contributed by atoms with Crippen LogP contribution in [0.5, 0.6) is 0 Å². The zero-order valence-corrected chi connectivity index (χ0v) is 31.7. The van der Waals surface area contributed by atoms with E-state index in [-0.39, 0.29) is 17.1 Å². The fraction of sp³-hybridized carbons (Fsp3) is 0.500. The molecule has 0 saturated carbocycles. The van der Waals surface area contributed by atoms with Crippen LogP contribution in [-0.2, 0) is 50.0 Å². The average Bonchev–Trinajstić information content (AvgIpc) is 3.05. The van der Waals surface area contributed by atoms with Gasteiger partial charge in [-0.3, -0.25) is 0 Å². The van der Waals surface area contributed by atoms with Crippen LogP contribution in [0.4, 0.5) is 0 Å². The van der Waals surface area contributed by atoms with Crippen molar-refractivity contribution in [3.63, 3.8) is 0 Å². The van der Waals surface area contributed by atoms with Crippen molar-refractivity contribution >= 4 is 22.1 Å². The maximum atomic E-state index is 11.6. The topological polar surface area (TPSA) is 120 Å². The van der Waals surface area contributed by atoms with Crippen molar-refractivity contribution in [2.45, 2.75) is 78.6 Å². The van der Waals surface area contributed by atoms with E-state index in [9.17, 15) is 28.4 Å². The Labute approximate surface area is 289 Å². The Morgan fingerprint density at radius 2 is 0.630 bits per heavy atom. The van der Waals surface area contributed by atoms with E-state index < -0.39 is 22.1 Å². The Morgan fingerprint density at radius 1 is 0.413 bits per heavy atom. The van der Waals surface area contributed by atoms with Crippen molar-refractivity contribution in [2.24, 2.45) is 0 Å². The Bertz CT molecular complexity index is 1130. The van der Waals surface area contributed by atoms with Gasteiger partial charge < -0.3 is 28.4 Å². The van der Waals surface area contributed by atoms with E-state index in [1.165, 1.54) is 0 Å². The molecule has 257 valence electrons. The molecule has 0 amide bonds. The molecule has 3 atom stereocenters. The van der Waals surface area contributed by atoms with E-state index in [1.807, 2.05) is 112 Å². The van der Waals surface area contributed by atoms with Gasteiger partial charge in [-0.1, -0.05) is 131 Å². The molecule has 6 nitrogen and oxygen atoms in total. The molecule has 0 saturated heterocycles. The minimum Gasteiger partial charge on any atom is -0.799 e.